The van der Waals surface area contributed by atoms with Gasteiger partial charge >= 0.3 is 0 Å². The van der Waals surface area contributed by atoms with Gasteiger partial charge in [-0.1, -0.05) is 12.1 Å². The number of methoxy groups -OCH3 is 2. The van der Waals surface area contributed by atoms with Crippen molar-refractivity contribution in [3.63, 3.8) is 0 Å². The first-order valence-corrected chi connectivity index (χ1v) is 13.1. The lowest BCUT2D eigenvalue weighted by Gasteiger charge is -2.57. The second-order valence-corrected chi connectivity index (χ2v) is 10.8. The Morgan fingerprint density at radius 1 is 1.03 bits per heavy atom. The number of likely N-dealkylation sites (tertiary alicyclic amines) is 1. The van der Waals surface area contributed by atoms with Gasteiger partial charge in [0.2, 0.25) is 0 Å². The summed E-state index contributed by atoms with van der Waals surface area (Å²) in [7, 11) is 3.41. The Kier molecular flexibility index (Phi) is 6.42. The van der Waals surface area contributed by atoms with Crippen molar-refractivity contribution in [3.05, 3.63) is 59.3 Å². The van der Waals surface area contributed by atoms with E-state index in [2.05, 4.69) is 45.1 Å². The molecule has 7 nitrogen and oxygen atoms in total. The van der Waals surface area contributed by atoms with Gasteiger partial charge < -0.3 is 29.2 Å². The highest BCUT2D eigenvalue weighted by Crippen LogP contribution is 2.49. The molecule has 1 aromatic heterocycles. The summed E-state index contributed by atoms with van der Waals surface area (Å²) < 4.78 is 16.6. The average molecular weight is 492 g/mol. The average Bonchev–Trinajstić information content (AvgIpc) is 3.27. The zero-order chi connectivity index (χ0) is 24.7. The first kappa shape index (κ1) is 23.8. The van der Waals surface area contributed by atoms with Crippen molar-refractivity contribution in [2.45, 2.75) is 30.8 Å². The van der Waals surface area contributed by atoms with Crippen LogP contribution >= 0.6 is 0 Å². The summed E-state index contributed by atoms with van der Waals surface area (Å²) in [5, 5.41) is 11.9. The Bertz CT molecular complexity index is 1210. The molecule has 0 aliphatic carbocycles. The number of aliphatic hydroxyl groups is 1. The van der Waals surface area contributed by atoms with Gasteiger partial charge in [0.1, 0.15) is 11.5 Å². The van der Waals surface area contributed by atoms with Gasteiger partial charge in [-0.05, 0) is 54.2 Å². The van der Waals surface area contributed by atoms with E-state index >= 15 is 0 Å². The van der Waals surface area contributed by atoms with Crippen LogP contribution in [0.2, 0.25) is 0 Å². The van der Waals surface area contributed by atoms with E-state index in [-0.39, 0.29) is 18.1 Å². The molecule has 0 radical (unpaired) electrons. The van der Waals surface area contributed by atoms with E-state index in [0.717, 1.165) is 87.4 Å². The van der Waals surface area contributed by atoms with Crippen molar-refractivity contribution in [1.29, 1.82) is 0 Å². The molecule has 36 heavy (non-hydrogen) atoms. The Morgan fingerprint density at radius 3 is 2.56 bits per heavy atom. The molecule has 3 aliphatic rings. The van der Waals surface area contributed by atoms with Crippen LogP contribution < -0.4 is 9.47 Å². The molecule has 0 unspecified atom stereocenters. The van der Waals surface area contributed by atoms with E-state index in [0.29, 0.717) is 0 Å². The normalized spacial score (nSPS) is 22.5. The number of aromatic amines is 1. The maximum absolute atomic E-state index is 10.6. The van der Waals surface area contributed by atoms with E-state index in [9.17, 15) is 5.11 Å². The molecule has 2 aromatic carbocycles. The lowest BCUT2D eigenvalue weighted by Crippen LogP contribution is -2.66. The molecule has 2 N–H and O–H groups in total. The van der Waals surface area contributed by atoms with E-state index in [1.807, 2.05) is 12.1 Å². The monoisotopic (exact) mass is 491 g/mol. The molecule has 0 saturated carbocycles. The summed E-state index contributed by atoms with van der Waals surface area (Å²) >= 11 is 0. The van der Waals surface area contributed by atoms with Gasteiger partial charge in [0, 0.05) is 74.0 Å². The number of hydrogen-bond donors (Lipinski definition) is 2. The highest BCUT2D eigenvalue weighted by molar-refractivity contribution is 5.88. The van der Waals surface area contributed by atoms with Crippen LogP contribution in [0.25, 0.3) is 10.9 Å². The van der Waals surface area contributed by atoms with Crippen LogP contribution in [0.1, 0.15) is 35.7 Å². The summed E-state index contributed by atoms with van der Waals surface area (Å²) in [4.78, 5) is 8.79. The van der Waals surface area contributed by atoms with Gasteiger partial charge in [0.15, 0.2) is 0 Å². The number of rotatable bonds is 7. The summed E-state index contributed by atoms with van der Waals surface area (Å²) in [5.74, 6) is 2.44. The van der Waals surface area contributed by atoms with Crippen LogP contribution in [0.4, 0.5) is 0 Å². The van der Waals surface area contributed by atoms with Gasteiger partial charge in [-0.25, -0.2) is 0 Å². The van der Waals surface area contributed by atoms with Crippen LogP contribution in [0, 0.1) is 5.92 Å². The lowest BCUT2D eigenvalue weighted by atomic mass is 9.68. The Hall–Kier alpha value is -2.58. The topological polar surface area (TPSA) is 70.2 Å². The third-order valence-electron chi connectivity index (χ3n) is 8.45. The standard InChI is InChI=1S/C29H37N3O4/c1-34-22-5-3-4-21(12-22)15-32-19-29(17-31(18-29)14-20-8-10-36-11-9-20)27-24-7-6-23(35-2)13-25(24)30-28(27)26(32)16-33/h3-7,12-13,20,26,30,33H,8-11,14-19H2,1-2H3/t26-/m1/s1. The number of aromatic nitrogens is 1. The van der Waals surface area contributed by atoms with Gasteiger partial charge in [-0.2, -0.15) is 0 Å². The number of hydrogen-bond acceptors (Lipinski definition) is 6. The molecule has 2 saturated heterocycles. The summed E-state index contributed by atoms with van der Waals surface area (Å²) in [6.45, 7) is 6.79. The number of fused-ring (bicyclic) bond motifs is 4. The van der Waals surface area contributed by atoms with Crippen LogP contribution in [0.3, 0.4) is 0 Å². The third-order valence-corrected chi connectivity index (χ3v) is 8.45. The molecule has 0 bridgehead atoms. The fraction of sp³-hybridized carbons (Fsp3) is 0.517. The molecule has 3 aliphatic heterocycles. The Morgan fingerprint density at radius 2 is 1.81 bits per heavy atom. The number of ether oxygens (including phenoxy) is 3. The van der Waals surface area contributed by atoms with Crippen LogP contribution in [0.15, 0.2) is 42.5 Å². The van der Waals surface area contributed by atoms with Gasteiger partial charge in [0.05, 0.1) is 26.9 Å². The van der Waals surface area contributed by atoms with E-state index in [1.165, 1.54) is 16.5 Å². The largest absolute Gasteiger partial charge is 0.497 e. The van der Waals surface area contributed by atoms with E-state index in [1.54, 1.807) is 14.2 Å². The van der Waals surface area contributed by atoms with Crippen molar-refractivity contribution in [2.75, 3.05) is 60.2 Å². The first-order chi connectivity index (χ1) is 17.6. The molecule has 0 amide bonds. The highest BCUT2D eigenvalue weighted by Gasteiger charge is 2.52. The molecule has 7 heteroatoms. The molecule has 4 heterocycles. The van der Waals surface area contributed by atoms with Crippen molar-refractivity contribution >= 4 is 10.9 Å². The molecular weight excluding hydrogens is 454 g/mol. The fourth-order valence-electron chi connectivity index (χ4n) is 6.78. The Labute approximate surface area is 212 Å². The number of nitrogens with one attached hydrogen (secondary N) is 1. The minimum absolute atomic E-state index is 0.0396. The zero-order valence-electron chi connectivity index (χ0n) is 21.3. The van der Waals surface area contributed by atoms with Gasteiger partial charge in [0.25, 0.3) is 0 Å². The minimum Gasteiger partial charge on any atom is -0.497 e. The van der Waals surface area contributed by atoms with Crippen molar-refractivity contribution in [2.24, 2.45) is 5.92 Å². The summed E-state index contributed by atoms with van der Waals surface area (Å²) in [6, 6.07) is 14.5. The second-order valence-electron chi connectivity index (χ2n) is 10.8. The van der Waals surface area contributed by atoms with Gasteiger partial charge in [-0.15, -0.1) is 0 Å². The quantitative estimate of drug-likeness (QED) is 0.525. The van der Waals surface area contributed by atoms with Crippen molar-refractivity contribution < 1.29 is 19.3 Å². The minimum atomic E-state index is -0.0836. The molecule has 192 valence electrons. The summed E-state index contributed by atoms with van der Waals surface area (Å²) in [5.41, 5.74) is 4.87. The number of benzene rings is 2. The maximum atomic E-state index is 10.6. The smallest absolute Gasteiger partial charge is 0.120 e. The zero-order valence-corrected chi connectivity index (χ0v) is 21.3. The lowest BCUT2D eigenvalue weighted by molar-refractivity contribution is -0.0258. The predicted molar refractivity (Wildman–Crippen MR) is 140 cm³/mol. The molecule has 3 aromatic rings. The number of H-pyrrole nitrogens is 1. The second kappa shape index (κ2) is 9.71. The van der Waals surface area contributed by atoms with Crippen LogP contribution in [0.5, 0.6) is 11.5 Å². The molecule has 1 spiro atoms. The van der Waals surface area contributed by atoms with Crippen LogP contribution in [-0.4, -0.2) is 80.1 Å². The van der Waals surface area contributed by atoms with Crippen LogP contribution in [-0.2, 0) is 16.7 Å². The predicted octanol–water partition coefficient (Wildman–Crippen LogP) is 3.71. The maximum Gasteiger partial charge on any atom is 0.120 e. The number of aliphatic hydroxyl groups excluding tert-OH is 1. The van der Waals surface area contributed by atoms with Crippen molar-refractivity contribution in [3.8, 4) is 11.5 Å². The molecule has 6 rings (SSSR count). The molecule has 2 fully saturated rings. The summed E-state index contributed by atoms with van der Waals surface area (Å²) in [6.07, 6.45) is 2.33. The van der Waals surface area contributed by atoms with Gasteiger partial charge in [-0.3, -0.25) is 4.90 Å². The first-order valence-electron chi connectivity index (χ1n) is 13.1. The fourth-order valence-corrected chi connectivity index (χ4v) is 6.78. The third kappa shape index (κ3) is 4.18. The molecular formula is C29H37N3O4. The Balaban J connectivity index is 1.35. The SMILES string of the molecule is COc1cccc(CN2CC3(CN(CC4CCOCC4)C3)c3c([nH]c4cc(OC)ccc34)[C@H]2CO)c1. The van der Waals surface area contributed by atoms with Crippen molar-refractivity contribution in [1.82, 2.24) is 14.8 Å². The van der Waals surface area contributed by atoms with E-state index < -0.39 is 0 Å². The highest BCUT2D eigenvalue weighted by atomic mass is 16.5. The number of nitrogens with zero attached hydrogens (tertiary/aromatic N) is 2. The molecule has 1 atom stereocenters. The van der Waals surface area contributed by atoms with E-state index in [4.69, 9.17) is 14.2 Å².